The Morgan fingerprint density at radius 3 is 1.64 bits per heavy atom. The van der Waals surface area contributed by atoms with Crippen molar-refractivity contribution in [3.8, 4) is 22.5 Å². The van der Waals surface area contributed by atoms with E-state index in [4.69, 9.17) is 14.2 Å². The second kappa shape index (κ2) is 21.3. The topological polar surface area (TPSA) is 162 Å². The number of anilines is 2. The molecule has 0 bridgehead atoms. The Morgan fingerprint density at radius 1 is 0.593 bits per heavy atom. The molecule has 1 unspecified atom stereocenters. The van der Waals surface area contributed by atoms with Gasteiger partial charge in [0.05, 0.1) is 41.8 Å². The van der Waals surface area contributed by atoms with E-state index < -0.39 is 0 Å². The summed E-state index contributed by atoms with van der Waals surface area (Å²) in [5, 5.41) is 12.7. The zero-order valence-electron chi connectivity index (χ0n) is 32.8. The van der Waals surface area contributed by atoms with Gasteiger partial charge in [-0.25, -0.2) is 0 Å². The first kappa shape index (κ1) is 40.6. The maximum absolute atomic E-state index is 12.4. The molecule has 302 valence electrons. The first-order valence-electron chi connectivity index (χ1n) is 19.9. The van der Waals surface area contributed by atoms with E-state index in [9.17, 15) is 9.59 Å². The molecule has 2 aliphatic rings. The highest BCUT2D eigenvalue weighted by Crippen LogP contribution is 2.28. The molecule has 6 aromatic rings. The second-order valence-electron chi connectivity index (χ2n) is 13.9. The molecule has 13 nitrogen and oxygen atoms in total. The van der Waals surface area contributed by atoms with Crippen LogP contribution in [-0.2, 0) is 27.3 Å². The van der Waals surface area contributed by atoms with Gasteiger partial charge in [-0.3, -0.25) is 29.5 Å². The van der Waals surface area contributed by atoms with Crippen LogP contribution in [0.2, 0.25) is 0 Å². The number of nitrogens with zero attached hydrogens (tertiary/aromatic N) is 4. The van der Waals surface area contributed by atoms with Crippen molar-refractivity contribution in [1.82, 2.24) is 30.6 Å². The number of aromatic nitrogens is 4. The first-order valence-corrected chi connectivity index (χ1v) is 19.9. The van der Waals surface area contributed by atoms with E-state index in [-0.39, 0.29) is 24.2 Å². The smallest absolute Gasteiger partial charge is 0.253 e. The molecule has 2 aliphatic heterocycles. The molecule has 13 heteroatoms. The maximum atomic E-state index is 12.4. The zero-order chi connectivity index (χ0) is 40.5. The van der Waals surface area contributed by atoms with E-state index in [0.29, 0.717) is 37.4 Å². The van der Waals surface area contributed by atoms with E-state index in [1.165, 1.54) is 0 Å². The lowest BCUT2D eigenvalue weighted by Crippen LogP contribution is -2.23. The van der Waals surface area contributed by atoms with Crippen molar-refractivity contribution in [3.63, 3.8) is 0 Å². The predicted octanol–water partition coefficient (Wildman–Crippen LogP) is 6.91. The number of rotatable bonds is 15. The standard InChI is InChI=1S/C23H24N4O3.C23H24N4O2/c28-23(27-15-17-4-3-10-24-14-17)18-7-8-21(26-16-18)19-5-1-2-6-20(19)25-11-9-22-29-12-13-30-22;28-23(27-14-17-5-3-11-24-13-17)18-9-10-22(25-15-18)20-7-1-2-8-21(20)26-16-19-6-4-12-29-19/h1-8,10,14,16,22,25H,9,11-13,15H2,(H,27,28);1-3,5,7-11,13,15,19,26H,4,6,12,14,16H2,(H,27,28). The van der Waals surface area contributed by atoms with E-state index >= 15 is 0 Å². The van der Waals surface area contributed by atoms with E-state index in [0.717, 1.165) is 84.0 Å². The van der Waals surface area contributed by atoms with Crippen LogP contribution in [0, 0.1) is 0 Å². The fourth-order valence-electron chi connectivity index (χ4n) is 6.60. The van der Waals surface area contributed by atoms with E-state index in [1.807, 2.05) is 84.9 Å². The molecule has 0 spiro atoms. The highest BCUT2D eigenvalue weighted by molar-refractivity contribution is 5.95. The van der Waals surface area contributed by atoms with Gasteiger partial charge in [0.1, 0.15) is 0 Å². The van der Waals surface area contributed by atoms with E-state index in [1.54, 1.807) is 49.3 Å². The summed E-state index contributed by atoms with van der Waals surface area (Å²) in [6.07, 6.45) is 13.2. The van der Waals surface area contributed by atoms with Gasteiger partial charge in [-0.1, -0.05) is 48.5 Å². The number of pyridine rings is 4. The van der Waals surface area contributed by atoms with Crippen molar-refractivity contribution >= 4 is 23.2 Å². The summed E-state index contributed by atoms with van der Waals surface area (Å²) in [5.74, 6) is -0.321. The molecular formula is C46H48N8O5. The summed E-state index contributed by atoms with van der Waals surface area (Å²) < 4.78 is 16.6. The summed E-state index contributed by atoms with van der Waals surface area (Å²) in [5.41, 5.74) is 8.56. The van der Waals surface area contributed by atoms with Gasteiger partial charge in [-0.15, -0.1) is 0 Å². The second-order valence-corrected chi connectivity index (χ2v) is 13.9. The quantitative estimate of drug-likeness (QED) is 0.0855. The van der Waals surface area contributed by atoms with Crippen LogP contribution in [0.25, 0.3) is 22.5 Å². The van der Waals surface area contributed by atoms with Crippen LogP contribution in [0.15, 0.2) is 134 Å². The fourth-order valence-corrected chi connectivity index (χ4v) is 6.60. The number of nitrogens with one attached hydrogen (secondary N) is 4. The average molecular weight is 793 g/mol. The van der Waals surface area contributed by atoms with Crippen molar-refractivity contribution in [1.29, 1.82) is 0 Å². The van der Waals surface area contributed by atoms with Crippen molar-refractivity contribution in [2.45, 2.75) is 44.7 Å². The summed E-state index contributed by atoms with van der Waals surface area (Å²) in [7, 11) is 0. The third kappa shape index (κ3) is 12.0. The Bertz CT molecular complexity index is 2220. The molecule has 8 rings (SSSR count). The monoisotopic (exact) mass is 792 g/mol. The van der Waals surface area contributed by atoms with Gasteiger partial charge in [0.25, 0.3) is 11.8 Å². The Hall–Kier alpha value is -6.54. The third-order valence-corrected chi connectivity index (χ3v) is 9.74. The minimum Gasteiger partial charge on any atom is -0.384 e. The highest BCUT2D eigenvalue weighted by atomic mass is 16.7. The highest BCUT2D eigenvalue weighted by Gasteiger charge is 2.17. The van der Waals surface area contributed by atoms with Crippen LogP contribution in [0.5, 0.6) is 0 Å². The number of amides is 2. The van der Waals surface area contributed by atoms with Gasteiger partial charge in [-0.2, -0.15) is 0 Å². The van der Waals surface area contributed by atoms with E-state index in [2.05, 4.69) is 41.2 Å². The lowest BCUT2D eigenvalue weighted by atomic mass is 10.1. The molecule has 0 radical (unpaired) electrons. The van der Waals surface area contributed by atoms with Crippen molar-refractivity contribution in [3.05, 3.63) is 156 Å². The van der Waals surface area contributed by atoms with Gasteiger partial charge in [0.2, 0.25) is 0 Å². The number of hydrogen-bond donors (Lipinski definition) is 4. The van der Waals surface area contributed by atoms with Crippen LogP contribution in [0.3, 0.4) is 0 Å². The van der Waals surface area contributed by atoms with Crippen LogP contribution in [0.4, 0.5) is 11.4 Å². The molecule has 2 saturated heterocycles. The SMILES string of the molecule is O=C(NCc1cccnc1)c1ccc(-c2ccccc2NCC2CCCO2)nc1.O=C(NCc1cccnc1)c1ccc(-c2ccccc2NCCC2OCCO2)nc1. The Labute approximate surface area is 344 Å². The van der Waals surface area contributed by atoms with Crippen molar-refractivity contribution in [2.24, 2.45) is 0 Å². The van der Waals surface area contributed by atoms with Gasteiger partial charge < -0.3 is 35.5 Å². The molecule has 6 heterocycles. The maximum Gasteiger partial charge on any atom is 0.253 e. The summed E-state index contributed by atoms with van der Waals surface area (Å²) >= 11 is 0. The number of para-hydroxylation sites is 2. The molecule has 0 saturated carbocycles. The van der Waals surface area contributed by atoms with Crippen LogP contribution in [0.1, 0.15) is 51.1 Å². The minimum absolute atomic E-state index is 0.132. The average Bonchev–Trinajstić information content (AvgIpc) is 4.04. The minimum atomic E-state index is -0.166. The summed E-state index contributed by atoms with van der Waals surface area (Å²) in [6.45, 7) is 4.54. The fraction of sp³-hybridized carbons (Fsp3) is 0.261. The van der Waals surface area contributed by atoms with Crippen LogP contribution >= 0.6 is 0 Å². The normalized spacial score (nSPS) is 14.8. The Kier molecular flexibility index (Phi) is 14.7. The van der Waals surface area contributed by atoms with Crippen molar-refractivity contribution in [2.75, 3.05) is 43.5 Å². The van der Waals surface area contributed by atoms with Crippen LogP contribution < -0.4 is 21.3 Å². The Morgan fingerprint density at radius 2 is 1.15 bits per heavy atom. The van der Waals surface area contributed by atoms with Crippen LogP contribution in [-0.4, -0.2) is 77.1 Å². The molecule has 4 N–H and O–H groups in total. The number of benzene rings is 2. The molecule has 2 aromatic carbocycles. The molecule has 1 atom stereocenters. The molecule has 4 aromatic heterocycles. The summed E-state index contributed by atoms with van der Waals surface area (Å²) in [6, 6.07) is 30.9. The predicted molar refractivity (Wildman–Crippen MR) is 226 cm³/mol. The zero-order valence-corrected chi connectivity index (χ0v) is 32.8. The molecule has 2 amide bonds. The third-order valence-electron chi connectivity index (χ3n) is 9.74. The largest absolute Gasteiger partial charge is 0.384 e. The summed E-state index contributed by atoms with van der Waals surface area (Å²) in [4.78, 5) is 41.9. The molecule has 0 aliphatic carbocycles. The van der Waals surface area contributed by atoms with Gasteiger partial charge in [-0.05, 0) is 72.5 Å². The molecular weight excluding hydrogens is 745 g/mol. The lowest BCUT2D eigenvalue weighted by Gasteiger charge is -2.15. The lowest BCUT2D eigenvalue weighted by molar-refractivity contribution is -0.0439. The number of hydrogen-bond acceptors (Lipinski definition) is 11. The molecule has 2 fully saturated rings. The Balaban J connectivity index is 0.000000179. The first-order chi connectivity index (χ1) is 29.1. The van der Waals surface area contributed by atoms with Gasteiger partial charge >= 0.3 is 0 Å². The van der Waals surface area contributed by atoms with Gasteiger partial charge in [0.15, 0.2) is 6.29 Å². The molecule has 59 heavy (non-hydrogen) atoms. The number of carbonyl (C=O) groups excluding carboxylic acids is 2. The van der Waals surface area contributed by atoms with Gasteiger partial charge in [0, 0.05) is 98.9 Å². The number of carbonyl (C=O) groups is 2. The number of ether oxygens (including phenoxy) is 3. The van der Waals surface area contributed by atoms with Crippen molar-refractivity contribution < 1.29 is 23.8 Å².